The number of hydrogen-bond donors (Lipinski definition) is 1. The first-order valence-corrected chi connectivity index (χ1v) is 6.72. The summed E-state index contributed by atoms with van der Waals surface area (Å²) in [5.74, 6) is -1.41. The monoisotopic (exact) mass is 366 g/mol. The van der Waals surface area contributed by atoms with Crippen molar-refractivity contribution in [1.82, 2.24) is 0 Å². The van der Waals surface area contributed by atoms with Gasteiger partial charge >= 0.3 is 0 Å². The van der Waals surface area contributed by atoms with Crippen LogP contribution in [-0.2, 0) is 0 Å². The van der Waals surface area contributed by atoms with Gasteiger partial charge in [-0.2, -0.15) is 0 Å². The van der Waals surface area contributed by atoms with E-state index >= 15 is 0 Å². The molecule has 2 aromatic rings. The van der Waals surface area contributed by atoms with Gasteiger partial charge in [0.05, 0.1) is 4.47 Å². The summed E-state index contributed by atoms with van der Waals surface area (Å²) in [6, 6.07) is 6.30. The number of halogens is 5. The van der Waals surface area contributed by atoms with E-state index in [0.717, 1.165) is 12.1 Å². The van der Waals surface area contributed by atoms with Gasteiger partial charge in [-0.3, -0.25) is 0 Å². The Balaban J connectivity index is 2.52. The van der Waals surface area contributed by atoms with Crippen LogP contribution in [0, 0.1) is 11.6 Å². The lowest BCUT2D eigenvalue weighted by Crippen LogP contribution is -2.04. The van der Waals surface area contributed by atoms with Crippen LogP contribution in [0.2, 0.25) is 10.0 Å². The summed E-state index contributed by atoms with van der Waals surface area (Å²) >= 11 is 14.6. The third kappa shape index (κ3) is 3.08. The Bertz CT molecular complexity index is 634. The highest BCUT2D eigenvalue weighted by atomic mass is 79.9. The van der Waals surface area contributed by atoms with E-state index in [2.05, 4.69) is 15.9 Å². The molecule has 0 aromatic heterocycles. The quantitative estimate of drug-likeness (QED) is 0.730. The third-order valence-electron chi connectivity index (χ3n) is 2.59. The molecule has 1 nitrogen and oxygen atoms in total. The molecule has 0 saturated carbocycles. The van der Waals surface area contributed by atoms with Gasteiger partial charge in [0.25, 0.3) is 0 Å². The summed E-state index contributed by atoms with van der Waals surface area (Å²) in [5, 5.41) is 10.7. The summed E-state index contributed by atoms with van der Waals surface area (Å²) in [4.78, 5) is 0. The van der Waals surface area contributed by atoms with Crippen LogP contribution in [0.1, 0.15) is 17.2 Å². The summed E-state index contributed by atoms with van der Waals surface area (Å²) in [5.41, 5.74) is 0.0136. The fourth-order valence-electron chi connectivity index (χ4n) is 1.64. The summed E-state index contributed by atoms with van der Waals surface area (Å²) in [6.45, 7) is 0. The van der Waals surface area contributed by atoms with E-state index in [4.69, 9.17) is 23.2 Å². The van der Waals surface area contributed by atoms with Crippen LogP contribution in [0.15, 0.2) is 34.8 Å². The van der Waals surface area contributed by atoms with Gasteiger partial charge in [0.1, 0.15) is 17.7 Å². The lowest BCUT2D eigenvalue weighted by atomic mass is 10.0. The Morgan fingerprint density at radius 3 is 2.37 bits per heavy atom. The Morgan fingerprint density at radius 2 is 1.68 bits per heavy atom. The molecule has 0 spiro atoms. The average Bonchev–Trinajstić information content (AvgIpc) is 2.36. The molecule has 1 atom stereocenters. The van der Waals surface area contributed by atoms with Gasteiger partial charge in [0.15, 0.2) is 0 Å². The van der Waals surface area contributed by atoms with Crippen LogP contribution in [-0.4, -0.2) is 5.11 Å². The SMILES string of the molecule is OC(c1cc(F)c(Br)cc1F)c1cc(Cl)ccc1Cl. The maximum Gasteiger partial charge on any atom is 0.137 e. The smallest absolute Gasteiger partial charge is 0.137 e. The lowest BCUT2D eigenvalue weighted by Gasteiger charge is -2.15. The molecule has 0 heterocycles. The molecule has 1 unspecified atom stereocenters. The minimum Gasteiger partial charge on any atom is -0.383 e. The molecule has 6 heteroatoms. The highest BCUT2D eigenvalue weighted by molar-refractivity contribution is 9.10. The molecule has 100 valence electrons. The van der Waals surface area contributed by atoms with Crippen LogP contribution < -0.4 is 0 Å². The number of aliphatic hydroxyl groups is 1. The van der Waals surface area contributed by atoms with Crippen LogP contribution in [0.25, 0.3) is 0 Å². The first-order chi connectivity index (χ1) is 8.90. The van der Waals surface area contributed by atoms with E-state index in [1.807, 2.05) is 0 Å². The van der Waals surface area contributed by atoms with Crippen molar-refractivity contribution in [1.29, 1.82) is 0 Å². The molecule has 2 rings (SSSR count). The molecule has 0 saturated heterocycles. The standard InChI is InChI=1S/C13H7BrCl2F2O/c14-9-5-11(17)8(4-12(9)18)13(19)7-3-6(15)1-2-10(7)16/h1-5,13,19H. The Morgan fingerprint density at radius 1 is 1.00 bits per heavy atom. The number of aliphatic hydroxyl groups excluding tert-OH is 1. The largest absolute Gasteiger partial charge is 0.383 e. The highest BCUT2D eigenvalue weighted by Gasteiger charge is 2.20. The zero-order chi connectivity index (χ0) is 14.2. The second-order valence-corrected chi connectivity index (χ2v) is 5.55. The summed E-state index contributed by atoms with van der Waals surface area (Å²) < 4.78 is 27.2. The van der Waals surface area contributed by atoms with Gasteiger partial charge in [-0.1, -0.05) is 23.2 Å². The number of benzene rings is 2. The lowest BCUT2D eigenvalue weighted by molar-refractivity contribution is 0.214. The molecule has 0 radical (unpaired) electrons. The van der Waals surface area contributed by atoms with Crippen molar-refractivity contribution in [2.45, 2.75) is 6.10 Å². The maximum absolute atomic E-state index is 13.8. The fourth-order valence-corrected chi connectivity index (χ4v) is 2.36. The van der Waals surface area contributed by atoms with Gasteiger partial charge in [-0.15, -0.1) is 0 Å². The molecule has 0 bridgehead atoms. The fraction of sp³-hybridized carbons (Fsp3) is 0.0769. The molecule has 0 aliphatic rings. The normalized spacial score (nSPS) is 12.5. The molecular weight excluding hydrogens is 361 g/mol. The van der Waals surface area contributed by atoms with Gasteiger partial charge in [0.2, 0.25) is 0 Å². The Hall–Kier alpha value is -0.680. The molecule has 19 heavy (non-hydrogen) atoms. The molecule has 0 amide bonds. The second kappa shape index (κ2) is 5.75. The third-order valence-corrected chi connectivity index (χ3v) is 3.77. The minimum absolute atomic E-state index is 0.0156. The van der Waals surface area contributed by atoms with Crippen molar-refractivity contribution in [2.75, 3.05) is 0 Å². The van der Waals surface area contributed by atoms with Gasteiger partial charge in [-0.05, 0) is 46.3 Å². The zero-order valence-corrected chi connectivity index (χ0v) is 12.4. The van der Waals surface area contributed by atoms with E-state index in [-0.39, 0.29) is 20.6 Å². The van der Waals surface area contributed by atoms with Crippen molar-refractivity contribution in [3.8, 4) is 0 Å². The van der Waals surface area contributed by atoms with E-state index in [1.54, 1.807) is 6.07 Å². The summed E-state index contributed by atoms with van der Waals surface area (Å²) in [7, 11) is 0. The van der Waals surface area contributed by atoms with Crippen molar-refractivity contribution >= 4 is 39.1 Å². The first kappa shape index (κ1) is 14.7. The van der Waals surface area contributed by atoms with Crippen molar-refractivity contribution in [3.63, 3.8) is 0 Å². The minimum atomic E-state index is -1.39. The molecule has 0 fully saturated rings. The van der Waals surface area contributed by atoms with Crippen molar-refractivity contribution in [2.24, 2.45) is 0 Å². The number of hydrogen-bond acceptors (Lipinski definition) is 1. The van der Waals surface area contributed by atoms with E-state index < -0.39 is 17.7 Å². The maximum atomic E-state index is 13.8. The zero-order valence-electron chi connectivity index (χ0n) is 9.30. The molecule has 0 aliphatic heterocycles. The molecule has 2 aromatic carbocycles. The predicted octanol–water partition coefficient (Wildman–Crippen LogP) is 5.12. The Kier molecular flexibility index (Phi) is 4.46. The average molecular weight is 368 g/mol. The highest BCUT2D eigenvalue weighted by Crippen LogP contribution is 2.33. The number of rotatable bonds is 2. The van der Waals surface area contributed by atoms with Gasteiger partial charge in [0, 0.05) is 21.2 Å². The van der Waals surface area contributed by atoms with Crippen molar-refractivity contribution < 1.29 is 13.9 Å². The van der Waals surface area contributed by atoms with Crippen LogP contribution in [0.5, 0.6) is 0 Å². The molecule has 0 aliphatic carbocycles. The topological polar surface area (TPSA) is 20.2 Å². The summed E-state index contributed by atoms with van der Waals surface area (Å²) in [6.07, 6.45) is -1.39. The van der Waals surface area contributed by atoms with E-state index in [1.165, 1.54) is 12.1 Å². The first-order valence-electron chi connectivity index (χ1n) is 5.17. The van der Waals surface area contributed by atoms with Gasteiger partial charge < -0.3 is 5.11 Å². The van der Waals surface area contributed by atoms with E-state index in [9.17, 15) is 13.9 Å². The van der Waals surface area contributed by atoms with Gasteiger partial charge in [-0.25, -0.2) is 8.78 Å². The predicted molar refractivity (Wildman–Crippen MR) is 74.6 cm³/mol. The molecule has 1 N–H and O–H groups in total. The van der Waals surface area contributed by atoms with Crippen LogP contribution in [0.3, 0.4) is 0 Å². The van der Waals surface area contributed by atoms with E-state index in [0.29, 0.717) is 5.02 Å². The van der Waals surface area contributed by atoms with Crippen LogP contribution in [0.4, 0.5) is 8.78 Å². The Labute approximate surface area is 126 Å². The van der Waals surface area contributed by atoms with Crippen LogP contribution >= 0.6 is 39.1 Å². The second-order valence-electron chi connectivity index (χ2n) is 3.86. The molecular formula is C13H7BrCl2F2O. The van der Waals surface area contributed by atoms with Crippen molar-refractivity contribution in [3.05, 3.63) is 67.6 Å².